The van der Waals surface area contributed by atoms with Crippen molar-refractivity contribution < 1.29 is 9.32 Å². The standard InChI is InChI=1S/C22H37NO2S/c1-21-10-8-16(26(25)13-3-12-23)14-15(21)4-5-17-18-6-7-20(24)22(18,2)11-9-19(17)21/h14-15,17-20,24H,3-13,23H2,1-2H3/t15?,17?,18?,19?,20-,21-,22-,26?/m0/s1. The molecule has 26 heavy (non-hydrogen) atoms. The van der Waals surface area contributed by atoms with Gasteiger partial charge in [-0.05, 0) is 98.8 Å². The number of allylic oxidation sites excluding steroid dienone is 2. The first kappa shape index (κ1) is 19.1. The van der Waals surface area contributed by atoms with Crippen molar-refractivity contribution in [1.29, 1.82) is 0 Å². The number of fused-ring (bicyclic) bond motifs is 5. The van der Waals surface area contributed by atoms with Crippen molar-refractivity contribution in [2.24, 2.45) is 40.2 Å². The van der Waals surface area contributed by atoms with Crippen molar-refractivity contribution in [2.75, 3.05) is 12.3 Å². The Hall–Kier alpha value is -0.190. The molecule has 3 fully saturated rings. The Morgan fingerprint density at radius 2 is 1.88 bits per heavy atom. The second kappa shape index (κ2) is 7.00. The maximum Gasteiger partial charge on any atom is 0.0596 e. The summed E-state index contributed by atoms with van der Waals surface area (Å²) in [5, 5.41) is 10.6. The molecule has 3 saturated carbocycles. The van der Waals surface area contributed by atoms with Crippen molar-refractivity contribution in [3.63, 3.8) is 0 Å². The molecule has 4 rings (SSSR count). The molecule has 0 amide bonds. The van der Waals surface area contributed by atoms with Crippen molar-refractivity contribution >= 4 is 10.8 Å². The third kappa shape index (κ3) is 2.86. The highest BCUT2D eigenvalue weighted by atomic mass is 32.2. The number of aliphatic hydroxyl groups excluding tert-OH is 1. The van der Waals surface area contributed by atoms with Crippen LogP contribution in [0.1, 0.15) is 71.6 Å². The molecular weight excluding hydrogens is 342 g/mol. The van der Waals surface area contributed by atoms with Crippen LogP contribution < -0.4 is 5.73 Å². The summed E-state index contributed by atoms with van der Waals surface area (Å²) in [6.45, 7) is 5.52. The van der Waals surface area contributed by atoms with E-state index >= 15 is 0 Å². The second-order valence-corrected chi connectivity index (χ2v) is 11.7. The minimum atomic E-state index is -0.817. The predicted molar refractivity (Wildman–Crippen MR) is 108 cm³/mol. The van der Waals surface area contributed by atoms with E-state index in [0.717, 1.165) is 42.8 Å². The first-order valence-corrected chi connectivity index (χ1v) is 12.2. The van der Waals surface area contributed by atoms with Crippen LogP contribution in [0, 0.1) is 34.5 Å². The van der Waals surface area contributed by atoms with Gasteiger partial charge >= 0.3 is 0 Å². The predicted octanol–water partition coefficient (Wildman–Crippen LogP) is 3.98. The summed E-state index contributed by atoms with van der Waals surface area (Å²) >= 11 is 0. The number of hydrogen-bond donors (Lipinski definition) is 2. The normalized spacial score (nSPS) is 48.9. The molecule has 148 valence electrons. The molecule has 8 atom stereocenters. The molecule has 0 bridgehead atoms. The number of rotatable bonds is 4. The Labute approximate surface area is 161 Å². The van der Waals surface area contributed by atoms with Crippen LogP contribution in [0.25, 0.3) is 0 Å². The van der Waals surface area contributed by atoms with Gasteiger partial charge in [-0.1, -0.05) is 19.9 Å². The lowest BCUT2D eigenvalue weighted by atomic mass is 9.46. The van der Waals surface area contributed by atoms with Gasteiger partial charge < -0.3 is 10.8 Å². The molecule has 0 radical (unpaired) electrons. The van der Waals surface area contributed by atoms with Crippen LogP contribution in [0.4, 0.5) is 0 Å². The Kier molecular flexibility index (Phi) is 5.16. The van der Waals surface area contributed by atoms with Crippen LogP contribution in [0.15, 0.2) is 11.0 Å². The van der Waals surface area contributed by atoms with Crippen LogP contribution in [0.5, 0.6) is 0 Å². The van der Waals surface area contributed by atoms with Gasteiger partial charge in [-0.2, -0.15) is 0 Å². The summed E-state index contributed by atoms with van der Waals surface area (Å²) in [6, 6.07) is 0. The van der Waals surface area contributed by atoms with Crippen molar-refractivity contribution in [1.82, 2.24) is 0 Å². The van der Waals surface area contributed by atoms with E-state index in [4.69, 9.17) is 5.73 Å². The van der Waals surface area contributed by atoms with Crippen LogP contribution in [0.3, 0.4) is 0 Å². The number of aliphatic hydroxyl groups is 1. The Bertz CT molecular complexity index is 605. The lowest BCUT2D eigenvalue weighted by Gasteiger charge is -2.59. The first-order valence-electron chi connectivity index (χ1n) is 10.9. The smallest absolute Gasteiger partial charge is 0.0596 e. The molecular formula is C22H37NO2S. The van der Waals surface area contributed by atoms with E-state index in [2.05, 4.69) is 19.9 Å². The molecule has 5 unspecified atom stereocenters. The minimum absolute atomic E-state index is 0.0817. The molecule has 0 saturated heterocycles. The SMILES string of the molecule is C[C@]12CCC(S(=O)CCCN)=CC1CCC1C2CC[C@@]2(C)C1CC[C@@H]2O. The van der Waals surface area contributed by atoms with Gasteiger partial charge in [0.15, 0.2) is 0 Å². The molecule has 4 heteroatoms. The molecule has 0 heterocycles. The Morgan fingerprint density at radius 1 is 1.12 bits per heavy atom. The third-order valence-electron chi connectivity index (χ3n) is 9.02. The van der Waals surface area contributed by atoms with Gasteiger partial charge in [0, 0.05) is 21.5 Å². The molecule has 0 aromatic heterocycles. The molecule has 3 nitrogen and oxygen atoms in total. The first-order chi connectivity index (χ1) is 12.4. The van der Waals surface area contributed by atoms with Gasteiger partial charge in [-0.3, -0.25) is 4.21 Å². The molecule has 0 spiro atoms. The van der Waals surface area contributed by atoms with Crippen LogP contribution in [-0.2, 0) is 10.8 Å². The van der Waals surface area contributed by atoms with Gasteiger partial charge in [0.05, 0.1) is 6.10 Å². The molecule has 3 N–H and O–H groups in total. The fourth-order valence-electron chi connectivity index (χ4n) is 7.34. The zero-order valence-electron chi connectivity index (χ0n) is 16.6. The van der Waals surface area contributed by atoms with Gasteiger partial charge in [-0.15, -0.1) is 0 Å². The third-order valence-corrected chi connectivity index (χ3v) is 10.6. The number of nitrogens with two attached hydrogens (primary N) is 1. The van der Waals surface area contributed by atoms with Crippen molar-refractivity contribution in [3.8, 4) is 0 Å². The van der Waals surface area contributed by atoms with E-state index in [-0.39, 0.29) is 11.5 Å². The highest BCUT2D eigenvalue weighted by Gasteiger charge is 2.59. The van der Waals surface area contributed by atoms with E-state index in [0.29, 0.717) is 17.9 Å². The molecule has 0 aromatic rings. The summed E-state index contributed by atoms with van der Waals surface area (Å²) in [6.07, 6.45) is 12.7. The van der Waals surface area contributed by atoms with E-state index < -0.39 is 10.8 Å². The Morgan fingerprint density at radius 3 is 2.65 bits per heavy atom. The van der Waals surface area contributed by atoms with E-state index in [1.54, 1.807) is 0 Å². The van der Waals surface area contributed by atoms with Gasteiger partial charge in [-0.25, -0.2) is 0 Å². The van der Waals surface area contributed by atoms with E-state index in [1.807, 2.05) is 0 Å². The minimum Gasteiger partial charge on any atom is -0.393 e. The second-order valence-electron chi connectivity index (χ2n) is 10.0. The summed E-state index contributed by atoms with van der Waals surface area (Å²) in [4.78, 5) is 1.20. The highest BCUT2D eigenvalue weighted by Crippen LogP contribution is 2.65. The largest absolute Gasteiger partial charge is 0.393 e. The van der Waals surface area contributed by atoms with Crippen molar-refractivity contribution in [2.45, 2.75) is 77.7 Å². The van der Waals surface area contributed by atoms with Crippen LogP contribution in [0.2, 0.25) is 0 Å². The average molecular weight is 380 g/mol. The quantitative estimate of drug-likeness (QED) is 0.776. The average Bonchev–Trinajstić information content (AvgIpc) is 2.94. The van der Waals surface area contributed by atoms with Gasteiger partial charge in [0.2, 0.25) is 0 Å². The Balaban J connectivity index is 1.54. The topological polar surface area (TPSA) is 63.3 Å². The molecule has 4 aliphatic rings. The molecule has 4 aliphatic carbocycles. The maximum absolute atomic E-state index is 12.6. The highest BCUT2D eigenvalue weighted by molar-refractivity contribution is 7.88. The van der Waals surface area contributed by atoms with Gasteiger partial charge in [0.1, 0.15) is 0 Å². The van der Waals surface area contributed by atoms with E-state index in [1.165, 1.54) is 43.4 Å². The summed E-state index contributed by atoms with van der Waals surface area (Å²) < 4.78 is 12.6. The zero-order chi connectivity index (χ0) is 18.5. The summed E-state index contributed by atoms with van der Waals surface area (Å²) in [7, 11) is -0.817. The van der Waals surface area contributed by atoms with Crippen LogP contribution in [-0.4, -0.2) is 27.7 Å². The number of hydrogen-bond acceptors (Lipinski definition) is 3. The fourth-order valence-corrected chi connectivity index (χ4v) is 8.67. The lowest BCUT2D eigenvalue weighted by molar-refractivity contribution is -0.104. The summed E-state index contributed by atoms with van der Waals surface area (Å²) in [5.74, 6) is 3.64. The lowest BCUT2D eigenvalue weighted by Crippen LogP contribution is -2.53. The van der Waals surface area contributed by atoms with E-state index in [9.17, 15) is 9.32 Å². The van der Waals surface area contributed by atoms with Crippen molar-refractivity contribution in [3.05, 3.63) is 11.0 Å². The molecule has 0 aliphatic heterocycles. The van der Waals surface area contributed by atoms with Gasteiger partial charge in [0.25, 0.3) is 0 Å². The molecule has 0 aromatic carbocycles. The fraction of sp³-hybridized carbons (Fsp3) is 0.909. The van der Waals surface area contributed by atoms with Crippen LogP contribution >= 0.6 is 0 Å². The monoisotopic (exact) mass is 379 g/mol. The summed E-state index contributed by atoms with van der Waals surface area (Å²) in [5.41, 5.74) is 6.14. The zero-order valence-corrected chi connectivity index (χ0v) is 17.4. The maximum atomic E-state index is 12.6.